The van der Waals surface area contributed by atoms with Crippen molar-refractivity contribution in [1.29, 1.82) is 0 Å². The van der Waals surface area contributed by atoms with Gasteiger partial charge in [-0.2, -0.15) is 11.3 Å². The Morgan fingerprint density at radius 1 is 1.32 bits per heavy atom. The van der Waals surface area contributed by atoms with E-state index in [2.05, 4.69) is 45.6 Å². The zero-order valence-electron chi connectivity index (χ0n) is 11.6. The molecule has 3 nitrogen and oxygen atoms in total. The molecule has 2 heterocycles. The summed E-state index contributed by atoms with van der Waals surface area (Å²) in [5.41, 5.74) is 2.62. The lowest BCUT2D eigenvalue weighted by Gasteiger charge is -2.16. The van der Waals surface area contributed by atoms with Gasteiger partial charge < -0.3 is 5.32 Å². The van der Waals surface area contributed by atoms with Gasteiger partial charge in [-0.1, -0.05) is 24.8 Å². The van der Waals surface area contributed by atoms with Crippen LogP contribution < -0.4 is 5.32 Å². The number of aromatic nitrogens is 2. The van der Waals surface area contributed by atoms with Gasteiger partial charge in [0.15, 0.2) is 0 Å². The first-order valence-corrected chi connectivity index (χ1v) is 8.62. The van der Waals surface area contributed by atoms with Gasteiger partial charge in [0, 0.05) is 6.04 Å². The Morgan fingerprint density at radius 2 is 2.21 bits per heavy atom. The first-order valence-electron chi connectivity index (χ1n) is 6.90. The average Bonchev–Trinajstić information content (AvgIpc) is 3.06. The lowest BCUT2D eigenvalue weighted by Crippen LogP contribution is -2.21. The Labute approximate surface area is 123 Å². The predicted octanol–water partition coefficient (Wildman–Crippen LogP) is 3.84. The summed E-state index contributed by atoms with van der Waals surface area (Å²) in [6.45, 7) is 5.33. The third-order valence-corrected chi connectivity index (χ3v) is 4.75. The maximum Gasteiger partial charge on any atom is 0.0803 e. The Hall–Kier alpha value is -0.780. The molecule has 5 heteroatoms. The van der Waals surface area contributed by atoms with Gasteiger partial charge in [-0.05, 0) is 59.7 Å². The number of rotatable bonds is 8. The molecule has 0 aliphatic carbocycles. The highest BCUT2D eigenvalue weighted by Crippen LogP contribution is 2.26. The van der Waals surface area contributed by atoms with Crippen LogP contribution in [0.1, 0.15) is 48.9 Å². The van der Waals surface area contributed by atoms with Crippen LogP contribution in [-0.4, -0.2) is 16.1 Å². The van der Waals surface area contributed by atoms with Crippen molar-refractivity contribution in [3.63, 3.8) is 0 Å². The highest BCUT2D eigenvalue weighted by atomic mass is 32.1. The molecule has 0 radical (unpaired) electrons. The lowest BCUT2D eigenvalue weighted by molar-refractivity contribution is 0.518. The Bertz CT molecular complexity index is 465. The first kappa shape index (κ1) is 14.6. The van der Waals surface area contributed by atoms with E-state index in [0.29, 0.717) is 6.04 Å². The van der Waals surface area contributed by atoms with Crippen molar-refractivity contribution in [3.05, 3.63) is 33.0 Å². The van der Waals surface area contributed by atoms with E-state index in [1.807, 2.05) is 0 Å². The maximum atomic E-state index is 4.28. The molecule has 2 aromatic heterocycles. The fourth-order valence-electron chi connectivity index (χ4n) is 2.21. The zero-order valence-corrected chi connectivity index (χ0v) is 13.2. The number of hydrogen-bond donors (Lipinski definition) is 1. The summed E-state index contributed by atoms with van der Waals surface area (Å²) in [6, 6.07) is 2.61. The monoisotopic (exact) mass is 295 g/mol. The van der Waals surface area contributed by atoms with Crippen LogP contribution in [0.25, 0.3) is 0 Å². The molecule has 0 aliphatic rings. The SMILES string of the molecule is CCCc1nnsc1C(CCc1ccsc1)NCC. The van der Waals surface area contributed by atoms with E-state index < -0.39 is 0 Å². The summed E-state index contributed by atoms with van der Waals surface area (Å²) in [4.78, 5) is 1.33. The minimum Gasteiger partial charge on any atom is -0.309 e. The van der Waals surface area contributed by atoms with Gasteiger partial charge in [0.2, 0.25) is 0 Å². The summed E-state index contributed by atoms with van der Waals surface area (Å²) in [5.74, 6) is 0. The van der Waals surface area contributed by atoms with E-state index in [1.54, 1.807) is 22.9 Å². The second-order valence-electron chi connectivity index (χ2n) is 4.61. The molecule has 1 N–H and O–H groups in total. The maximum absolute atomic E-state index is 4.28. The van der Waals surface area contributed by atoms with E-state index in [9.17, 15) is 0 Å². The van der Waals surface area contributed by atoms with Crippen molar-refractivity contribution < 1.29 is 0 Å². The standard InChI is InChI=1S/C14H21N3S2/c1-3-5-13-14(19-17-16-13)12(15-4-2)7-6-11-8-9-18-10-11/h8-10,12,15H,3-7H2,1-2H3. The minimum atomic E-state index is 0.395. The van der Waals surface area contributed by atoms with Crippen molar-refractivity contribution in [2.45, 2.75) is 45.6 Å². The Morgan fingerprint density at radius 3 is 2.89 bits per heavy atom. The van der Waals surface area contributed by atoms with Crippen molar-refractivity contribution in [2.24, 2.45) is 0 Å². The van der Waals surface area contributed by atoms with Crippen molar-refractivity contribution in [2.75, 3.05) is 6.54 Å². The smallest absolute Gasteiger partial charge is 0.0803 e. The van der Waals surface area contributed by atoms with E-state index >= 15 is 0 Å². The highest BCUT2D eigenvalue weighted by Gasteiger charge is 2.18. The highest BCUT2D eigenvalue weighted by molar-refractivity contribution is 7.08. The van der Waals surface area contributed by atoms with Gasteiger partial charge in [0.25, 0.3) is 0 Å². The quantitative estimate of drug-likeness (QED) is 0.804. The molecule has 0 aliphatic heterocycles. The predicted molar refractivity (Wildman–Crippen MR) is 83.0 cm³/mol. The van der Waals surface area contributed by atoms with Crippen LogP contribution in [0.15, 0.2) is 16.8 Å². The van der Waals surface area contributed by atoms with Crippen LogP contribution in [0.4, 0.5) is 0 Å². The molecule has 2 rings (SSSR count). The summed E-state index contributed by atoms with van der Waals surface area (Å²) in [5, 5.41) is 12.2. The molecule has 0 saturated carbocycles. The van der Waals surface area contributed by atoms with Crippen LogP contribution in [0.2, 0.25) is 0 Å². The molecule has 1 atom stereocenters. The van der Waals surface area contributed by atoms with Gasteiger partial charge in [0.1, 0.15) is 0 Å². The van der Waals surface area contributed by atoms with E-state index in [1.165, 1.54) is 16.1 Å². The van der Waals surface area contributed by atoms with Gasteiger partial charge in [-0.25, -0.2) is 0 Å². The molecular weight excluding hydrogens is 274 g/mol. The molecule has 19 heavy (non-hydrogen) atoms. The van der Waals surface area contributed by atoms with E-state index in [4.69, 9.17) is 0 Å². The van der Waals surface area contributed by atoms with Gasteiger partial charge in [0.05, 0.1) is 10.6 Å². The molecule has 1 unspecified atom stereocenters. The van der Waals surface area contributed by atoms with Crippen LogP contribution >= 0.6 is 22.9 Å². The van der Waals surface area contributed by atoms with E-state index in [-0.39, 0.29) is 0 Å². The number of nitrogens with zero attached hydrogens (tertiary/aromatic N) is 2. The Kier molecular flexibility index (Phi) is 5.94. The summed E-state index contributed by atoms with van der Waals surface area (Å²) >= 11 is 3.32. The summed E-state index contributed by atoms with van der Waals surface area (Å²) in [7, 11) is 0. The molecule has 0 fully saturated rings. The molecule has 0 saturated heterocycles. The van der Waals surface area contributed by atoms with Crippen molar-refractivity contribution >= 4 is 22.9 Å². The third-order valence-electron chi connectivity index (χ3n) is 3.14. The molecule has 0 amide bonds. The largest absolute Gasteiger partial charge is 0.309 e. The van der Waals surface area contributed by atoms with Crippen LogP contribution in [0, 0.1) is 0 Å². The first-order chi connectivity index (χ1) is 9.35. The van der Waals surface area contributed by atoms with Gasteiger partial charge in [-0.3, -0.25) is 0 Å². The second-order valence-corrected chi connectivity index (χ2v) is 6.18. The zero-order chi connectivity index (χ0) is 13.5. The number of thiophene rings is 1. The average molecular weight is 295 g/mol. The van der Waals surface area contributed by atoms with Gasteiger partial charge in [-0.15, -0.1) is 5.10 Å². The normalized spacial score (nSPS) is 12.7. The molecular formula is C14H21N3S2. The molecule has 104 valence electrons. The summed E-state index contributed by atoms with van der Waals surface area (Å²) in [6.07, 6.45) is 4.39. The fraction of sp³-hybridized carbons (Fsp3) is 0.571. The van der Waals surface area contributed by atoms with Gasteiger partial charge >= 0.3 is 0 Å². The molecule has 0 aromatic carbocycles. The van der Waals surface area contributed by atoms with Crippen LogP contribution in [0.5, 0.6) is 0 Å². The summed E-state index contributed by atoms with van der Waals surface area (Å²) < 4.78 is 4.14. The number of nitrogens with one attached hydrogen (secondary N) is 1. The topological polar surface area (TPSA) is 37.8 Å². The second kappa shape index (κ2) is 7.72. The van der Waals surface area contributed by atoms with E-state index in [0.717, 1.165) is 32.2 Å². The third kappa shape index (κ3) is 4.09. The number of aryl methyl sites for hydroxylation is 2. The van der Waals surface area contributed by atoms with Crippen molar-refractivity contribution in [1.82, 2.24) is 14.9 Å². The lowest BCUT2D eigenvalue weighted by atomic mass is 10.0. The van der Waals surface area contributed by atoms with Crippen molar-refractivity contribution in [3.8, 4) is 0 Å². The molecule has 0 bridgehead atoms. The minimum absolute atomic E-state index is 0.395. The molecule has 2 aromatic rings. The molecule has 0 spiro atoms. The fourth-order valence-corrected chi connectivity index (χ4v) is 3.72. The van der Waals surface area contributed by atoms with Crippen LogP contribution in [-0.2, 0) is 12.8 Å². The van der Waals surface area contributed by atoms with Crippen LogP contribution in [0.3, 0.4) is 0 Å². The Balaban J connectivity index is 2.03. The number of hydrogen-bond acceptors (Lipinski definition) is 5.